The monoisotopic (exact) mass is 243 g/mol. The Hall–Kier alpha value is -1.23. The molecule has 2 N–H and O–H groups in total. The number of anilines is 1. The van der Waals surface area contributed by atoms with Crippen molar-refractivity contribution in [1.82, 2.24) is 0 Å². The molecule has 0 saturated heterocycles. The number of hydrogen-bond donors (Lipinski definition) is 1. The van der Waals surface area contributed by atoms with E-state index in [1.807, 2.05) is 0 Å². The number of nitrogens with two attached hydrogens (primary N) is 1. The predicted molar refractivity (Wildman–Crippen MR) is 62.8 cm³/mol. The highest BCUT2D eigenvalue weighted by atomic mass is 32.2. The maximum absolute atomic E-state index is 12.7. The Morgan fingerprint density at radius 1 is 1.56 bits per heavy atom. The number of nitrogen functional groups attached to an aromatic ring is 1. The lowest BCUT2D eigenvalue weighted by molar-refractivity contribution is -0.144. The summed E-state index contributed by atoms with van der Waals surface area (Å²) >= 11 is 1.24. The minimum atomic E-state index is -0.383. The number of halogens is 1. The third-order valence-electron chi connectivity index (χ3n) is 1.68. The van der Waals surface area contributed by atoms with Crippen molar-refractivity contribution in [2.45, 2.75) is 24.8 Å². The van der Waals surface area contributed by atoms with Crippen molar-refractivity contribution in [1.29, 1.82) is 0 Å². The zero-order valence-electron chi connectivity index (χ0n) is 9.20. The molecular formula is C11H14FNO2S. The first kappa shape index (κ1) is 12.8. The van der Waals surface area contributed by atoms with Gasteiger partial charge in [0.15, 0.2) is 0 Å². The molecule has 1 aromatic rings. The van der Waals surface area contributed by atoms with E-state index >= 15 is 0 Å². The van der Waals surface area contributed by atoms with Gasteiger partial charge in [0.1, 0.15) is 5.82 Å². The van der Waals surface area contributed by atoms with E-state index < -0.39 is 0 Å². The van der Waals surface area contributed by atoms with Crippen LogP contribution in [-0.2, 0) is 9.53 Å². The number of carbonyl (C=O) groups is 1. The molecule has 0 bridgehead atoms. The molecule has 88 valence electrons. The standard InChI is InChI=1S/C11H14FNO2S/c1-7(2)15-11(14)6-16-10-4-3-8(12)5-9(10)13/h3-5,7H,6,13H2,1-2H3. The van der Waals surface area contributed by atoms with E-state index in [0.29, 0.717) is 10.6 Å². The van der Waals surface area contributed by atoms with Gasteiger partial charge in [0.25, 0.3) is 0 Å². The molecule has 0 unspecified atom stereocenters. The van der Waals surface area contributed by atoms with Gasteiger partial charge in [0.05, 0.1) is 11.9 Å². The predicted octanol–water partition coefficient (Wildman–Crippen LogP) is 2.45. The smallest absolute Gasteiger partial charge is 0.316 e. The van der Waals surface area contributed by atoms with E-state index in [-0.39, 0.29) is 23.6 Å². The van der Waals surface area contributed by atoms with Crippen LogP contribution in [0.1, 0.15) is 13.8 Å². The number of hydrogen-bond acceptors (Lipinski definition) is 4. The van der Waals surface area contributed by atoms with E-state index in [1.54, 1.807) is 19.9 Å². The molecule has 5 heteroatoms. The van der Waals surface area contributed by atoms with Gasteiger partial charge in [0, 0.05) is 10.6 Å². The van der Waals surface area contributed by atoms with Gasteiger partial charge in [-0.1, -0.05) is 0 Å². The van der Waals surface area contributed by atoms with Crippen LogP contribution >= 0.6 is 11.8 Å². The summed E-state index contributed by atoms with van der Waals surface area (Å²) in [5, 5.41) is 0. The van der Waals surface area contributed by atoms with E-state index in [2.05, 4.69) is 0 Å². The van der Waals surface area contributed by atoms with Crippen molar-refractivity contribution in [2.75, 3.05) is 11.5 Å². The van der Waals surface area contributed by atoms with Crippen LogP contribution in [0.3, 0.4) is 0 Å². The largest absolute Gasteiger partial charge is 0.462 e. The third kappa shape index (κ3) is 4.10. The Labute approximate surface area is 98.2 Å². The van der Waals surface area contributed by atoms with Crippen LogP contribution < -0.4 is 5.73 Å². The normalized spacial score (nSPS) is 10.5. The second-order valence-corrected chi connectivity index (χ2v) is 4.53. The van der Waals surface area contributed by atoms with Gasteiger partial charge in [-0.3, -0.25) is 4.79 Å². The summed E-state index contributed by atoms with van der Waals surface area (Å²) in [7, 11) is 0. The van der Waals surface area contributed by atoms with Gasteiger partial charge in [-0.15, -0.1) is 11.8 Å². The van der Waals surface area contributed by atoms with Crippen molar-refractivity contribution in [3.8, 4) is 0 Å². The molecule has 0 saturated carbocycles. The minimum absolute atomic E-state index is 0.126. The molecule has 3 nitrogen and oxygen atoms in total. The molecule has 0 atom stereocenters. The summed E-state index contributed by atoms with van der Waals surface area (Å²) in [6, 6.07) is 4.10. The fraction of sp³-hybridized carbons (Fsp3) is 0.364. The average Bonchev–Trinajstić information content (AvgIpc) is 2.15. The second kappa shape index (κ2) is 5.75. The second-order valence-electron chi connectivity index (χ2n) is 3.51. The molecular weight excluding hydrogens is 229 g/mol. The number of ether oxygens (including phenoxy) is 1. The van der Waals surface area contributed by atoms with Crippen molar-refractivity contribution in [3.63, 3.8) is 0 Å². The van der Waals surface area contributed by atoms with Crippen molar-refractivity contribution in [2.24, 2.45) is 0 Å². The molecule has 16 heavy (non-hydrogen) atoms. The van der Waals surface area contributed by atoms with Crippen LogP contribution in [0, 0.1) is 5.82 Å². The molecule has 0 radical (unpaired) electrons. The van der Waals surface area contributed by atoms with E-state index in [1.165, 1.54) is 23.9 Å². The first-order valence-electron chi connectivity index (χ1n) is 4.86. The molecule has 0 aliphatic carbocycles. The summed E-state index contributed by atoms with van der Waals surface area (Å²) < 4.78 is 17.7. The van der Waals surface area contributed by atoms with Gasteiger partial charge >= 0.3 is 5.97 Å². The maximum Gasteiger partial charge on any atom is 0.316 e. The Kier molecular flexibility index (Phi) is 4.61. The quantitative estimate of drug-likeness (QED) is 0.501. The topological polar surface area (TPSA) is 52.3 Å². The Morgan fingerprint density at radius 3 is 2.81 bits per heavy atom. The molecule has 1 rings (SSSR count). The molecule has 0 aliphatic rings. The number of rotatable bonds is 4. The molecule has 0 aliphatic heterocycles. The molecule has 0 spiro atoms. The highest BCUT2D eigenvalue weighted by Crippen LogP contribution is 2.25. The highest BCUT2D eigenvalue weighted by molar-refractivity contribution is 8.00. The highest BCUT2D eigenvalue weighted by Gasteiger charge is 2.08. The summed E-state index contributed by atoms with van der Waals surface area (Å²) in [6.45, 7) is 3.57. The van der Waals surface area contributed by atoms with Crippen molar-refractivity contribution < 1.29 is 13.9 Å². The SMILES string of the molecule is CC(C)OC(=O)CSc1ccc(F)cc1N. The third-order valence-corrected chi connectivity index (χ3v) is 2.75. The molecule has 0 amide bonds. The van der Waals surface area contributed by atoms with Crippen LogP contribution in [0.2, 0.25) is 0 Å². The number of carbonyl (C=O) groups excluding carboxylic acids is 1. The van der Waals surface area contributed by atoms with Gasteiger partial charge in [-0.05, 0) is 32.0 Å². The maximum atomic E-state index is 12.7. The van der Waals surface area contributed by atoms with Crippen molar-refractivity contribution in [3.05, 3.63) is 24.0 Å². The average molecular weight is 243 g/mol. The van der Waals surface area contributed by atoms with Crippen LogP contribution in [0.4, 0.5) is 10.1 Å². The van der Waals surface area contributed by atoms with E-state index in [9.17, 15) is 9.18 Å². The lowest BCUT2D eigenvalue weighted by Gasteiger charge is -2.08. The molecule has 0 heterocycles. The summed E-state index contributed by atoms with van der Waals surface area (Å²) in [6.07, 6.45) is -0.126. The molecule has 0 fully saturated rings. The van der Waals surface area contributed by atoms with Gasteiger partial charge < -0.3 is 10.5 Å². The lowest BCUT2D eigenvalue weighted by atomic mass is 10.3. The van der Waals surface area contributed by atoms with Crippen LogP contribution in [0.25, 0.3) is 0 Å². The Bertz CT molecular complexity index is 382. The van der Waals surface area contributed by atoms with E-state index in [4.69, 9.17) is 10.5 Å². The fourth-order valence-corrected chi connectivity index (χ4v) is 1.82. The lowest BCUT2D eigenvalue weighted by Crippen LogP contribution is -2.13. The fourth-order valence-electron chi connectivity index (χ4n) is 1.08. The first-order chi connectivity index (χ1) is 7.49. The van der Waals surface area contributed by atoms with Crippen LogP contribution in [0.15, 0.2) is 23.1 Å². The Balaban J connectivity index is 2.51. The van der Waals surface area contributed by atoms with Gasteiger partial charge in [-0.2, -0.15) is 0 Å². The van der Waals surface area contributed by atoms with Crippen LogP contribution in [-0.4, -0.2) is 17.8 Å². The number of benzene rings is 1. The first-order valence-corrected chi connectivity index (χ1v) is 5.85. The summed E-state index contributed by atoms with van der Waals surface area (Å²) in [5.41, 5.74) is 5.93. The number of esters is 1. The zero-order valence-corrected chi connectivity index (χ0v) is 10.0. The summed E-state index contributed by atoms with van der Waals surface area (Å²) in [4.78, 5) is 11.9. The minimum Gasteiger partial charge on any atom is -0.462 e. The van der Waals surface area contributed by atoms with Crippen molar-refractivity contribution >= 4 is 23.4 Å². The molecule has 0 aromatic heterocycles. The van der Waals surface area contributed by atoms with Gasteiger partial charge in [-0.25, -0.2) is 4.39 Å². The number of thioether (sulfide) groups is 1. The van der Waals surface area contributed by atoms with Crippen LogP contribution in [0.5, 0.6) is 0 Å². The zero-order chi connectivity index (χ0) is 12.1. The van der Waals surface area contributed by atoms with Gasteiger partial charge in [0.2, 0.25) is 0 Å². The molecule has 1 aromatic carbocycles. The Morgan fingerprint density at radius 2 is 2.25 bits per heavy atom. The summed E-state index contributed by atoms with van der Waals surface area (Å²) in [5.74, 6) is -0.510. The van der Waals surface area contributed by atoms with E-state index in [0.717, 1.165) is 0 Å².